The summed E-state index contributed by atoms with van der Waals surface area (Å²) in [5.74, 6) is 1.67. The first-order chi connectivity index (χ1) is 8.13. The summed E-state index contributed by atoms with van der Waals surface area (Å²) in [6, 6.07) is 8.63. The fraction of sp³-hybridized carbons (Fsp3) is 0.600. The predicted molar refractivity (Wildman–Crippen MR) is 74.9 cm³/mol. The highest BCUT2D eigenvalue weighted by Crippen LogP contribution is 2.21. The molecule has 0 radical (unpaired) electrons. The van der Waals surface area contributed by atoms with Crippen LogP contribution in [0, 0.1) is 12.8 Å². The van der Waals surface area contributed by atoms with Crippen LogP contribution >= 0.6 is 11.6 Å². The summed E-state index contributed by atoms with van der Waals surface area (Å²) >= 11 is 6.03. The number of rotatable bonds is 7. The van der Waals surface area contributed by atoms with E-state index < -0.39 is 0 Å². The van der Waals surface area contributed by atoms with Crippen LogP contribution in [0.3, 0.4) is 0 Å². The molecule has 1 rings (SSSR count). The summed E-state index contributed by atoms with van der Waals surface area (Å²) < 4.78 is 5.61. The lowest BCUT2D eigenvalue weighted by Crippen LogP contribution is -2.08. The number of hydrogen-bond acceptors (Lipinski definition) is 1. The SMILES string of the molecule is Cc1ccc(C(CCl)CCOCC(C)C)cc1. The molecule has 0 aliphatic heterocycles. The van der Waals surface area contributed by atoms with E-state index in [1.807, 2.05) is 0 Å². The van der Waals surface area contributed by atoms with Gasteiger partial charge in [-0.25, -0.2) is 0 Å². The van der Waals surface area contributed by atoms with Gasteiger partial charge in [0.2, 0.25) is 0 Å². The number of alkyl halides is 1. The predicted octanol–water partition coefficient (Wildman–Crippen LogP) is 4.38. The van der Waals surface area contributed by atoms with Crippen molar-refractivity contribution in [1.82, 2.24) is 0 Å². The van der Waals surface area contributed by atoms with Crippen molar-refractivity contribution in [3.05, 3.63) is 35.4 Å². The van der Waals surface area contributed by atoms with Crippen LogP contribution in [0.1, 0.15) is 37.3 Å². The third-order valence-corrected chi connectivity index (χ3v) is 3.17. The van der Waals surface area contributed by atoms with Crippen LogP contribution in [0.15, 0.2) is 24.3 Å². The van der Waals surface area contributed by atoms with Gasteiger partial charge in [0, 0.05) is 19.1 Å². The standard InChI is InChI=1S/C15H23ClO/c1-12(2)11-17-9-8-15(10-16)14-6-4-13(3)5-7-14/h4-7,12,15H,8-11H2,1-3H3. The van der Waals surface area contributed by atoms with E-state index in [0.717, 1.165) is 19.6 Å². The van der Waals surface area contributed by atoms with Gasteiger partial charge in [-0.05, 0) is 30.7 Å². The van der Waals surface area contributed by atoms with Crippen molar-refractivity contribution >= 4 is 11.6 Å². The maximum absolute atomic E-state index is 6.03. The Morgan fingerprint density at radius 2 is 1.82 bits per heavy atom. The van der Waals surface area contributed by atoms with Crippen molar-refractivity contribution in [3.63, 3.8) is 0 Å². The highest BCUT2D eigenvalue weighted by Gasteiger charge is 2.10. The molecule has 0 aliphatic rings. The van der Waals surface area contributed by atoms with E-state index in [0.29, 0.717) is 17.7 Å². The van der Waals surface area contributed by atoms with Crippen LogP contribution in [-0.2, 0) is 4.74 Å². The number of ether oxygens (including phenoxy) is 1. The molecule has 0 fully saturated rings. The Labute approximate surface area is 110 Å². The molecule has 1 nitrogen and oxygen atoms in total. The van der Waals surface area contributed by atoms with E-state index in [-0.39, 0.29) is 0 Å². The van der Waals surface area contributed by atoms with Crippen LogP contribution in [-0.4, -0.2) is 19.1 Å². The third-order valence-electron chi connectivity index (χ3n) is 2.80. The molecule has 17 heavy (non-hydrogen) atoms. The zero-order valence-corrected chi connectivity index (χ0v) is 11.8. The molecule has 1 aromatic carbocycles. The first-order valence-corrected chi connectivity index (χ1v) is 6.87. The summed E-state index contributed by atoms with van der Waals surface area (Å²) in [6.07, 6.45) is 0.999. The molecule has 1 atom stereocenters. The number of benzene rings is 1. The van der Waals surface area contributed by atoms with Gasteiger partial charge in [0.1, 0.15) is 0 Å². The zero-order chi connectivity index (χ0) is 12.7. The Hall–Kier alpha value is -0.530. The van der Waals surface area contributed by atoms with E-state index >= 15 is 0 Å². The molecule has 0 spiro atoms. The summed E-state index contributed by atoms with van der Waals surface area (Å²) in [5, 5.41) is 0. The first-order valence-electron chi connectivity index (χ1n) is 6.33. The molecule has 96 valence electrons. The Morgan fingerprint density at radius 1 is 1.18 bits per heavy atom. The Bertz CT molecular complexity index is 305. The van der Waals surface area contributed by atoms with Crippen molar-refractivity contribution in [2.45, 2.75) is 33.1 Å². The monoisotopic (exact) mass is 254 g/mol. The molecular formula is C15H23ClO. The molecule has 1 unspecified atom stereocenters. The molecule has 0 aliphatic carbocycles. The van der Waals surface area contributed by atoms with Crippen LogP contribution in [0.5, 0.6) is 0 Å². The lowest BCUT2D eigenvalue weighted by molar-refractivity contribution is 0.105. The van der Waals surface area contributed by atoms with Crippen LogP contribution in [0.2, 0.25) is 0 Å². The van der Waals surface area contributed by atoms with Gasteiger partial charge in [-0.1, -0.05) is 43.7 Å². The van der Waals surface area contributed by atoms with Crippen LogP contribution < -0.4 is 0 Å². The highest BCUT2D eigenvalue weighted by molar-refractivity contribution is 6.18. The first kappa shape index (κ1) is 14.5. The topological polar surface area (TPSA) is 9.23 Å². The number of aryl methyl sites for hydroxylation is 1. The van der Waals surface area contributed by atoms with E-state index in [2.05, 4.69) is 45.0 Å². The fourth-order valence-electron chi connectivity index (χ4n) is 1.72. The summed E-state index contributed by atoms with van der Waals surface area (Å²) in [6.45, 7) is 8.07. The van der Waals surface area contributed by atoms with Crippen molar-refractivity contribution in [1.29, 1.82) is 0 Å². The summed E-state index contributed by atoms with van der Waals surface area (Å²) in [5.41, 5.74) is 2.61. The Balaban J connectivity index is 2.40. The van der Waals surface area contributed by atoms with Gasteiger partial charge < -0.3 is 4.74 Å². The van der Waals surface area contributed by atoms with E-state index in [1.54, 1.807) is 0 Å². The van der Waals surface area contributed by atoms with E-state index in [1.165, 1.54) is 11.1 Å². The fourth-order valence-corrected chi connectivity index (χ4v) is 2.05. The molecule has 0 saturated heterocycles. The molecule has 2 heteroatoms. The maximum Gasteiger partial charge on any atom is 0.0488 e. The van der Waals surface area contributed by atoms with Crippen molar-refractivity contribution in [2.24, 2.45) is 5.92 Å². The lowest BCUT2D eigenvalue weighted by Gasteiger charge is -2.15. The normalized spacial score (nSPS) is 13.0. The van der Waals surface area contributed by atoms with Gasteiger partial charge >= 0.3 is 0 Å². The zero-order valence-electron chi connectivity index (χ0n) is 11.1. The lowest BCUT2D eigenvalue weighted by atomic mass is 9.97. The minimum atomic E-state index is 0.407. The average Bonchev–Trinajstić information content (AvgIpc) is 2.30. The molecule has 0 N–H and O–H groups in total. The second-order valence-electron chi connectivity index (χ2n) is 5.02. The molecule has 0 saturated carbocycles. The molecule has 0 amide bonds. The van der Waals surface area contributed by atoms with Gasteiger partial charge in [-0.2, -0.15) is 0 Å². The van der Waals surface area contributed by atoms with Crippen molar-refractivity contribution in [3.8, 4) is 0 Å². The molecule has 0 heterocycles. The summed E-state index contributed by atoms with van der Waals surface area (Å²) in [7, 11) is 0. The minimum Gasteiger partial charge on any atom is -0.381 e. The smallest absolute Gasteiger partial charge is 0.0488 e. The van der Waals surface area contributed by atoms with Crippen LogP contribution in [0.4, 0.5) is 0 Å². The number of hydrogen-bond donors (Lipinski definition) is 0. The largest absolute Gasteiger partial charge is 0.381 e. The second-order valence-corrected chi connectivity index (χ2v) is 5.33. The van der Waals surface area contributed by atoms with Gasteiger partial charge in [0.25, 0.3) is 0 Å². The Kier molecular flexibility index (Phi) is 6.61. The second kappa shape index (κ2) is 7.73. The van der Waals surface area contributed by atoms with Gasteiger partial charge in [0.05, 0.1) is 0 Å². The molecule has 1 aromatic rings. The molecule has 0 aromatic heterocycles. The average molecular weight is 255 g/mol. The maximum atomic E-state index is 6.03. The van der Waals surface area contributed by atoms with E-state index in [4.69, 9.17) is 16.3 Å². The van der Waals surface area contributed by atoms with Gasteiger partial charge in [0.15, 0.2) is 0 Å². The van der Waals surface area contributed by atoms with E-state index in [9.17, 15) is 0 Å². The Morgan fingerprint density at radius 3 is 2.35 bits per heavy atom. The third kappa shape index (κ3) is 5.56. The number of halogens is 1. The minimum absolute atomic E-state index is 0.407. The van der Waals surface area contributed by atoms with Crippen molar-refractivity contribution < 1.29 is 4.74 Å². The molecule has 0 bridgehead atoms. The summed E-state index contributed by atoms with van der Waals surface area (Å²) in [4.78, 5) is 0. The van der Waals surface area contributed by atoms with Gasteiger partial charge in [-0.15, -0.1) is 11.6 Å². The quantitative estimate of drug-likeness (QED) is 0.518. The van der Waals surface area contributed by atoms with Crippen molar-refractivity contribution in [2.75, 3.05) is 19.1 Å². The van der Waals surface area contributed by atoms with Gasteiger partial charge in [-0.3, -0.25) is 0 Å². The highest BCUT2D eigenvalue weighted by atomic mass is 35.5. The molecular weight excluding hydrogens is 232 g/mol. The van der Waals surface area contributed by atoms with Crippen LogP contribution in [0.25, 0.3) is 0 Å².